The summed E-state index contributed by atoms with van der Waals surface area (Å²) in [5.74, 6) is 0.512. The smallest absolute Gasteiger partial charge is 0.159 e. The molecule has 1 aromatic carbocycles. The van der Waals surface area contributed by atoms with Gasteiger partial charge in [-0.25, -0.2) is 0 Å². The molecule has 0 amide bonds. The molecular weight excluding hydrogens is 222 g/mol. The number of nitrogens with one attached hydrogen (secondary N) is 1. The lowest BCUT2D eigenvalue weighted by Gasteiger charge is -2.05. The Bertz CT molecular complexity index is 494. The van der Waals surface area contributed by atoms with E-state index in [9.17, 15) is 0 Å². The van der Waals surface area contributed by atoms with Crippen LogP contribution in [0.5, 0.6) is 0 Å². The Kier molecular flexibility index (Phi) is 3.03. The van der Waals surface area contributed by atoms with Crippen LogP contribution in [-0.4, -0.2) is 4.98 Å². The summed E-state index contributed by atoms with van der Waals surface area (Å²) >= 11 is 6.88. The zero-order chi connectivity index (χ0) is 10.8. The van der Waals surface area contributed by atoms with Crippen LogP contribution >= 0.6 is 23.6 Å². The SMILES string of the molecule is CC(C)c1sc(=S)[nH]c1-c1ccccc1. The summed E-state index contributed by atoms with van der Waals surface area (Å²) in [7, 11) is 0. The maximum atomic E-state index is 5.20. The van der Waals surface area contributed by atoms with Gasteiger partial charge in [0.05, 0.1) is 5.69 Å². The standard InChI is InChI=1S/C12H13NS2/c1-8(2)11-10(13-12(14)15-11)9-6-4-3-5-7-9/h3-8H,1-2H3,(H,13,14). The molecule has 2 rings (SSSR count). The maximum absolute atomic E-state index is 5.20. The van der Waals surface area contributed by atoms with E-state index in [1.807, 2.05) is 18.2 Å². The first-order valence-corrected chi connectivity index (χ1v) is 6.19. The van der Waals surface area contributed by atoms with Crippen LogP contribution in [0.1, 0.15) is 24.6 Å². The van der Waals surface area contributed by atoms with Gasteiger partial charge in [0.15, 0.2) is 3.95 Å². The molecule has 0 radical (unpaired) electrons. The number of aromatic nitrogens is 1. The van der Waals surface area contributed by atoms with Crippen molar-refractivity contribution in [2.24, 2.45) is 0 Å². The van der Waals surface area contributed by atoms with Gasteiger partial charge in [0.2, 0.25) is 0 Å². The van der Waals surface area contributed by atoms with Crippen molar-refractivity contribution in [3.8, 4) is 11.3 Å². The first kappa shape index (κ1) is 10.6. The first-order chi connectivity index (χ1) is 7.18. The molecule has 1 N–H and O–H groups in total. The van der Waals surface area contributed by atoms with Gasteiger partial charge in [-0.1, -0.05) is 44.2 Å². The molecule has 0 aliphatic carbocycles. The number of H-pyrrole nitrogens is 1. The molecule has 0 spiro atoms. The van der Waals surface area contributed by atoms with Crippen LogP contribution in [0.3, 0.4) is 0 Å². The lowest BCUT2D eigenvalue weighted by atomic mass is 10.1. The van der Waals surface area contributed by atoms with Gasteiger partial charge in [0.1, 0.15) is 0 Å². The van der Waals surface area contributed by atoms with Crippen molar-refractivity contribution in [2.75, 3.05) is 0 Å². The summed E-state index contributed by atoms with van der Waals surface area (Å²) in [6.07, 6.45) is 0. The van der Waals surface area contributed by atoms with Crippen molar-refractivity contribution in [3.63, 3.8) is 0 Å². The lowest BCUT2D eigenvalue weighted by Crippen LogP contribution is -1.87. The van der Waals surface area contributed by atoms with E-state index in [0.717, 1.165) is 3.95 Å². The fraction of sp³-hybridized carbons (Fsp3) is 0.250. The molecule has 1 aromatic heterocycles. The number of aromatic amines is 1. The monoisotopic (exact) mass is 235 g/mol. The number of hydrogen-bond acceptors (Lipinski definition) is 2. The van der Waals surface area contributed by atoms with E-state index < -0.39 is 0 Å². The summed E-state index contributed by atoms with van der Waals surface area (Å²) in [6, 6.07) is 10.3. The van der Waals surface area contributed by atoms with E-state index in [1.165, 1.54) is 16.1 Å². The van der Waals surface area contributed by atoms with Crippen molar-refractivity contribution in [1.29, 1.82) is 0 Å². The quantitative estimate of drug-likeness (QED) is 0.752. The van der Waals surface area contributed by atoms with Crippen LogP contribution in [0.15, 0.2) is 30.3 Å². The molecule has 2 aromatic rings. The minimum Gasteiger partial charge on any atom is -0.337 e. The van der Waals surface area contributed by atoms with Gasteiger partial charge < -0.3 is 4.98 Å². The molecule has 0 saturated heterocycles. The Morgan fingerprint density at radius 1 is 1.20 bits per heavy atom. The summed E-state index contributed by atoms with van der Waals surface area (Å²) in [4.78, 5) is 4.61. The molecule has 0 aliphatic rings. The summed E-state index contributed by atoms with van der Waals surface area (Å²) in [5, 5.41) is 0. The zero-order valence-electron chi connectivity index (χ0n) is 8.78. The molecule has 3 heteroatoms. The third-order valence-electron chi connectivity index (χ3n) is 2.26. The third kappa shape index (κ3) is 2.19. The van der Waals surface area contributed by atoms with Gasteiger partial charge in [0.25, 0.3) is 0 Å². The van der Waals surface area contributed by atoms with Crippen molar-refractivity contribution < 1.29 is 0 Å². The second-order valence-corrected chi connectivity index (χ2v) is 5.49. The van der Waals surface area contributed by atoms with Crippen molar-refractivity contribution in [3.05, 3.63) is 39.2 Å². The summed E-state index contributed by atoms with van der Waals surface area (Å²) in [6.45, 7) is 4.39. The van der Waals surface area contributed by atoms with E-state index in [-0.39, 0.29) is 0 Å². The van der Waals surface area contributed by atoms with Crippen molar-refractivity contribution >= 4 is 23.6 Å². The van der Waals surface area contributed by atoms with Gasteiger partial charge in [0, 0.05) is 4.88 Å². The van der Waals surface area contributed by atoms with Crippen LogP contribution in [-0.2, 0) is 0 Å². The molecule has 1 nitrogen and oxygen atoms in total. The summed E-state index contributed by atoms with van der Waals surface area (Å²) in [5.41, 5.74) is 2.40. The van der Waals surface area contributed by atoms with E-state index >= 15 is 0 Å². The molecule has 0 fully saturated rings. The maximum Gasteiger partial charge on any atom is 0.159 e. The van der Waals surface area contributed by atoms with Crippen molar-refractivity contribution in [2.45, 2.75) is 19.8 Å². The Morgan fingerprint density at radius 2 is 1.87 bits per heavy atom. The molecule has 78 valence electrons. The largest absolute Gasteiger partial charge is 0.337 e. The molecule has 15 heavy (non-hydrogen) atoms. The average Bonchev–Trinajstić information content (AvgIpc) is 2.62. The van der Waals surface area contributed by atoms with E-state index in [0.29, 0.717) is 5.92 Å². The normalized spacial score (nSPS) is 10.9. The second-order valence-electron chi connectivity index (χ2n) is 3.77. The highest BCUT2D eigenvalue weighted by Crippen LogP contribution is 2.31. The lowest BCUT2D eigenvalue weighted by molar-refractivity contribution is 0.888. The predicted molar refractivity (Wildman–Crippen MR) is 69.0 cm³/mol. The highest BCUT2D eigenvalue weighted by Gasteiger charge is 2.11. The van der Waals surface area contributed by atoms with Gasteiger partial charge in [-0.3, -0.25) is 0 Å². The molecule has 0 atom stereocenters. The fourth-order valence-electron chi connectivity index (χ4n) is 1.57. The topological polar surface area (TPSA) is 15.8 Å². The third-order valence-corrected chi connectivity index (χ3v) is 3.80. The van der Waals surface area contributed by atoms with E-state index in [4.69, 9.17) is 12.2 Å². The average molecular weight is 235 g/mol. The highest BCUT2D eigenvalue weighted by atomic mass is 32.1. The summed E-state index contributed by atoms with van der Waals surface area (Å²) < 4.78 is 0.859. The van der Waals surface area contributed by atoms with Crippen LogP contribution in [0.4, 0.5) is 0 Å². The Morgan fingerprint density at radius 3 is 2.47 bits per heavy atom. The highest BCUT2D eigenvalue weighted by molar-refractivity contribution is 7.73. The van der Waals surface area contributed by atoms with Gasteiger partial charge in [-0.2, -0.15) is 0 Å². The fourth-order valence-corrected chi connectivity index (χ4v) is 2.80. The van der Waals surface area contributed by atoms with Gasteiger partial charge in [-0.15, -0.1) is 11.3 Å². The van der Waals surface area contributed by atoms with Crippen LogP contribution in [0.25, 0.3) is 11.3 Å². The van der Waals surface area contributed by atoms with E-state index in [1.54, 1.807) is 11.3 Å². The minimum atomic E-state index is 0.512. The molecule has 0 saturated carbocycles. The van der Waals surface area contributed by atoms with Crippen molar-refractivity contribution in [1.82, 2.24) is 4.98 Å². The number of thiazole rings is 1. The Hall–Kier alpha value is -0.930. The Labute approximate surface area is 98.8 Å². The molecule has 1 heterocycles. The van der Waals surface area contributed by atoms with Crippen LogP contribution < -0.4 is 0 Å². The molecule has 0 bridgehead atoms. The zero-order valence-corrected chi connectivity index (χ0v) is 10.4. The van der Waals surface area contributed by atoms with Crippen LogP contribution in [0, 0.1) is 3.95 Å². The van der Waals surface area contributed by atoms with Crippen LogP contribution in [0.2, 0.25) is 0 Å². The Balaban J connectivity index is 2.58. The number of benzene rings is 1. The first-order valence-electron chi connectivity index (χ1n) is 4.97. The second kappa shape index (κ2) is 4.29. The molecule has 0 aliphatic heterocycles. The van der Waals surface area contributed by atoms with E-state index in [2.05, 4.69) is 31.0 Å². The number of rotatable bonds is 2. The molecule has 0 unspecified atom stereocenters. The van der Waals surface area contributed by atoms with Gasteiger partial charge >= 0.3 is 0 Å². The predicted octanol–water partition coefficient (Wildman–Crippen LogP) is 4.60. The minimum absolute atomic E-state index is 0.512. The molecular formula is C12H13NS2. The van der Waals surface area contributed by atoms with Gasteiger partial charge in [-0.05, 0) is 23.7 Å². The number of hydrogen-bond donors (Lipinski definition) is 1.